The Bertz CT molecular complexity index is 1430. The van der Waals surface area contributed by atoms with Crippen molar-refractivity contribution in [1.29, 1.82) is 0 Å². The molecule has 0 aliphatic carbocycles. The standard InChI is InChI=1S/C22H17Cl3F3N7O4/c1-21(31-20(38)35(33-21)13-3-2-10(23)7-11(13)24)16-14-15(39-32-16)19(37)34(18(14)36)5-4-29-17-12(25)6-9(8-30-17)22(26,27)28/h2-3,6-8,14-15,33H,4-5H2,1H3,(H,29,30)(H,31,38)/t14?,15?,21-/m0/s1. The van der Waals surface area contributed by atoms with Crippen LogP contribution in [0, 0.1) is 5.92 Å². The zero-order valence-electron chi connectivity index (χ0n) is 19.6. The van der Waals surface area contributed by atoms with Gasteiger partial charge in [0, 0.05) is 24.3 Å². The van der Waals surface area contributed by atoms with Crippen LogP contribution in [0.1, 0.15) is 12.5 Å². The molecule has 3 aliphatic heterocycles. The Morgan fingerprint density at radius 2 is 1.87 bits per heavy atom. The SMILES string of the molecule is C[C@]1(C2=NOC3C(=O)N(CCNc4ncc(C(F)(F)F)cc4Cl)C(=O)C23)NC(=O)N(c2ccc(Cl)cc2Cl)N1. The number of oxime groups is 1. The van der Waals surface area contributed by atoms with Gasteiger partial charge in [0.1, 0.15) is 17.4 Å². The van der Waals surface area contributed by atoms with Crippen molar-refractivity contribution in [1.82, 2.24) is 20.6 Å². The van der Waals surface area contributed by atoms with Crippen LogP contribution in [0.15, 0.2) is 35.6 Å². The molecule has 206 valence electrons. The Labute approximate surface area is 233 Å². The summed E-state index contributed by atoms with van der Waals surface area (Å²) in [4.78, 5) is 48.8. The van der Waals surface area contributed by atoms with E-state index >= 15 is 0 Å². The third-order valence-electron chi connectivity index (χ3n) is 6.26. The third kappa shape index (κ3) is 4.81. The normalized spacial score (nSPS) is 24.6. The summed E-state index contributed by atoms with van der Waals surface area (Å²) >= 11 is 18.1. The molecule has 5 rings (SSSR count). The van der Waals surface area contributed by atoms with Crippen LogP contribution < -0.4 is 21.1 Å². The van der Waals surface area contributed by atoms with Gasteiger partial charge in [0.2, 0.25) is 12.0 Å². The second kappa shape index (κ2) is 9.70. The van der Waals surface area contributed by atoms with Crippen molar-refractivity contribution < 1.29 is 32.4 Å². The molecule has 0 spiro atoms. The van der Waals surface area contributed by atoms with Gasteiger partial charge in [0.15, 0.2) is 5.66 Å². The summed E-state index contributed by atoms with van der Waals surface area (Å²) in [5, 5.41) is 10.7. The Hall–Kier alpha value is -3.33. The maximum atomic E-state index is 13.3. The van der Waals surface area contributed by atoms with Crippen molar-refractivity contribution >= 4 is 69.9 Å². The fraction of sp³-hybridized carbons (Fsp3) is 0.318. The number of amides is 4. The number of imide groups is 1. The van der Waals surface area contributed by atoms with E-state index in [2.05, 4.69) is 26.2 Å². The summed E-state index contributed by atoms with van der Waals surface area (Å²) < 4.78 is 38.5. The molecule has 2 unspecified atom stereocenters. The highest BCUT2D eigenvalue weighted by Crippen LogP contribution is 2.37. The summed E-state index contributed by atoms with van der Waals surface area (Å²) in [6, 6.07) is 4.63. The zero-order chi connectivity index (χ0) is 28.3. The first-order chi connectivity index (χ1) is 18.3. The highest BCUT2D eigenvalue weighted by atomic mass is 35.5. The molecule has 3 N–H and O–H groups in total. The van der Waals surface area contributed by atoms with Crippen LogP contribution in [-0.2, 0) is 20.6 Å². The average Bonchev–Trinajstić information content (AvgIpc) is 3.49. The fourth-order valence-electron chi connectivity index (χ4n) is 4.40. The Balaban J connectivity index is 1.27. The van der Waals surface area contributed by atoms with Crippen molar-refractivity contribution in [2.75, 3.05) is 23.4 Å². The minimum atomic E-state index is -4.61. The van der Waals surface area contributed by atoms with E-state index in [1.807, 2.05) is 0 Å². The van der Waals surface area contributed by atoms with Gasteiger partial charge in [0.25, 0.3) is 5.91 Å². The molecule has 0 radical (unpaired) electrons. The number of carbonyl (C=O) groups excluding carboxylic acids is 3. The zero-order valence-corrected chi connectivity index (χ0v) is 21.9. The summed E-state index contributed by atoms with van der Waals surface area (Å²) in [5.74, 6) is -2.48. The fourth-order valence-corrected chi connectivity index (χ4v) is 5.12. The van der Waals surface area contributed by atoms with Crippen molar-refractivity contribution in [3.05, 3.63) is 51.1 Å². The van der Waals surface area contributed by atoms with Crippen LogP contribution in [0.5, 0.6) is 0 Å². The highest BCUT2D eigenvalue weighted by molar-refractivity contribution is 6.37. The lowest BCUT2D eigenvalue weighted by molar-refractivity contribution is -0.142. The Kier molecular flexibility index (Phi) is 6.77. The maximum absolute atomic E-state index is 13.3. The number of hydrogen-bond acceptors (Lipinski definition) is 8. The number of nitrogens with one attached hydrogen (secondary N) is 3. The molecule has 1 aromatic heterocycles. The first-order valence-corrected chi connectivity index (χ1v) is 12.3. The van der Waals surface area contributed by atoms with E-state index in [-0.39, 0.29) is 40.4 Å². The molecule has 17 heteroatoms. The van der Waals surface area contributed by atoms with E-state index in [4.69, 9.17) is 39.6 Å². The van der Waals surface area contributed by atoms with Crippen molar-refractivity contribution in [3.63, 3.8) is 0 Å². The molecule has 3 atom stereocenters. The first-order valence-electron chi connectivity index (χ1n) is 11.2. The molecule has 2 fully saturated rings. The largest absolute Gasteiger partial charge is 0.417 e. The molecule has 4 heterocycles. The van der Waals surface area contributed by atoms with Gasteiger partial charge < -0.3 is 15.5 Å². The lowest BCUT2D eigenvalue weighted by Crippen LogP contribution is -2.58. The van der Waals surface area contributed by atoms with Crippen molar-refractivity contribution in [3.8, 4) is 0 Å². The van der Waals surface area contributed by atoms with Crippen molar-refractivity contribution in [2.24, 2.45) is 11.1 Å². The van der Waals surface area contributed by atoms with Gasteiger partial charge in [-0.2, -0.15) is 18.6 Å². The summed E-state index contributed by atoms with van der Waals surface area (Å²) in [5.41, 5.74) is 0.842. The molecule has 0 saturated carbocycles. The summed E-state index contributed by atoms with van der Waals surface area (Å²) in [6.45, 7) is 1.32. The summed E-state index contributed by atoms with van der Waals surface area (Å²) in [6.07, 6.45) is -5.24. The van der Waals surface area contributed by atoms with Gasteiger partial charge in [0.05, 0.1) is 21.3 Å². The van der Waals surface area contributed by atoms with Gasteiger partial charge in [-0.15, -0.1) is 0 Å². The topological polar surface area (TPSA) is 128 Å². The van der Waals surface area contributed by atoms with Gasteiger partial charge >= 0.3 is 12.2 Å². The molecule has 11 nitrogen and oxygen atoms in total. The van der Waals surface area contributed by atoms with E-state index in [1.165, 1.54) is 18.2 Å². The number of rotatable bonds is 6. The number of fused-ring (bicyclic) bond motifs is 1. The number of halogens is 6. The molecule has 0 bridgehead atoms. The monoisotopic (exact) mass is 605 g/mol. The molecule has 1 aromatic carbocycles. The van der Waals surface area contributed by atoms with Gasteiger partial charge in [-0.25, -0.2) is 14.8 Å². The van der Waals surface area contributed by atoms with Crippen LogP contribution >= 0.6 is 34.8 Å². The molecule has 3 aliphatic rings. The predicted octanol–water partition coefficient (Wildman–Crippen LogP) is 3.66. The lowest BCUT2D eigenvalue weighted by atomic mass is 9.91. The van der Waals surface area contributed by atoms with Crippen LogP contribution in [0.25, 0.3) is 0 Å². The van der Waals surface area contributed by atoms with Crippen molar-refractivity contribution in [2.45, 2.75) is 24.9 Å². The number of anilines is 2. The van der Waals surface area contributed by atoms with Crippen LogP contribution in [0.2, 0.25) is 15.1 Å². The Morgan fingerprint density at radius 3 is 2.54 bits per heavy atom. The third-order valence-corrected chi connectivity index (χ3v) is 7.08. The number of pyridine rings is 1. The molecule has 2 aromatic rings. The average molecular weight is 607 g/mol. The molecular weight excluding hydrogens is 590 g/mol. The molecule has 39 heavy (non-hydrogen) atoms. The van der Waals surface area contributed by atoms with Crippen LogP contribution in [0.3, 0.4) is 0 Å². The second-order valence-electron chi connectivity index (χ2n) is 8.89. The Morgan fingerprint density at radius 1 is 1.13 bits per heavy atom. The number of aromatic nitrogens is 1. The minimum absolute atomic E-state index is 0.0474. The molecule has 2 saturated heterocycles. The predicted molar refractivity (Wildman–Crippen MR) is 134 cm³/mol. The van der Waals surface area contributed by atoms with Gasteiger partial charge in [-0.3, -0.25) is 14.5 Å². The van der Waals surface area contributed by atoms with Crippen LogP contribution in [-0.4, -0.2) is 58.3 Å². The van der Waals surface area contributed by atoms with Gasteiger partial charge in [-0.05, 0) is 31.2 Å². The number of benzene rings is 1. The number of alkyl halides is 3. The van der Waals surface area contributed by atoms with E-state index in [9.17, 15) is 27.6 Å². The number of nitrogens with zero attached hydrogens (tertiary/aromatic N) is 4. The number of hydrogen-bond donors (Lipinski definition) is 3. The number of urea groups is 1. The lowest BCUT2D eigenvalue weighted by Gasteiger charge is -2.26. The smallest absolute Gasteiger partial charge is 0.381 e. The second-order valence-corrected chi connectivity index (χ2v) is 10.1. The van der Waals surface area contributed by atoms with E-state index in [0.717, 1.165) is 9.91 Å². The van der Waals surface area contributed by atoms with Crippen LogP contribution in [0.4, 0.5) is 29.5 Å². The quantitative estimate of drug-likeness (QED) is 0.428. The number of carbonyl (C=O) groups is 3. The number of hydrazine groups is 1. The minimum Gasteiger partial charge on any atom is -0.381 e. The molecular formula is C22H17Cl3F3N7O4. The number of likely N-dealkylation sites (tertiary alicyclic amines) is 1. The highest BCUT2D eigenvalue weighted by Gasteiger charge is 2.61. The van der Waals surface area contributed by atoms with E-state index in [0.29, 0.717) is 17.3 Å². The molecule has 4 amide bonds. The van der Waals surface area contributed by atoms with E-state index in [1.54, 1.807) is 6.92 Å². The van der Waals surface area contributed by atoms with Gasteiger partial charge in [-0.1, -0.05) is 40.0 Å². The van der Waals surface area contributed by atoms with E-state index < -0.39 is 47.3 Å². The maximum Gasteiger partial charge on any atom is 0.417 e. The first kappa shape index (κ1) is 27.2. The summed E-state index contributed by atoms with van der Waals surface area (Å²) in [7, 11) is 0.